The van der Waals surface area contributed by atoms with Crippen LogP contribution in [0.2, 0.25) is 0 Å². The molecule has 5 nitrogen and oxygen atoms in total. The second-order valence-corrected chi connectivity index (χ2v) is 6.38. The Balaban J connectivity index is 1.93. The number of aromatic nitrogens is 3. The van der Waals surface area contributed by atoms with Crippen molar-refractivity contribution in [3.05, 3.63) is 42.0 Å². The van der Waals surface area contributed by atoms with Crippen molar-refractivity contribution in [2.75, 3.05) is 11.9 Å². The van der Waals surface area contributed by atoms with Crippen LogP contribution in [0.3, 0.4) is 0 Å². The number of nitrogens with zero attached hydrogens (tertiary/aromatic N) is 5. The monoisotopic (exact) mass is 283 g/mol. The molecule has 0 spiro atoms. The van der Waals surface area contributed by atoms with Gasteiger partial charge in [0.2, 0.25) is 0 Å². The maximum atomic E-state index is 4.31. The Labute approximate surface area is 125 Å². The molecule has 110 valence electrons. The van der Waals surface area contributed by atoms with Gasteiger partial charge in [0, 0.05) is 18.3 Å². The van der Waals surface area contributed by atoms with Crippen LogP contribution in [0.25, 0.3) is 0 Å². The smallest absolute Gasteiger partial charge is 0.141 e. The maximum Gasteiger partial charge on any atom is 0.141 e. The highest BCUT2D eigenvalue weighted by molar-refractivity contribution is 5.81. The van der Waals surface area contributed by atoms with Crippen LogP contribution in [0.15, 0.2) is 36.0 Å². The Morgan fingerprint density at radius 2 is 2.00 bits per heavy atom. The minimum atomic E-state index is 0.199. The van der Waals surface area contributed by atoms with Crippen LogP contribution in [0.5, 0.6) is 0 Å². The zero-order valence-electron chi connectivity index (χ0n) is 13.0. The lowest BCUT2D eigenvalue weighted by atomic mass is 9.80. The fraction of sp³-hybridized carbons (Fsp3) is 0.438. The predicted molar refractivity (Wildman–Crippen MR) is 85.0 cm³/mol. The fourth-order valence-electron chi connectivity index (χ4n) is 3.06. The molecule has 21 heavy (non-hydrogen) atoms. The lowest BCUT2D eigenvalue weighted by Crippen LogP contribution is -2.45. The van der Waals surface area contributed by atoms with Crippen molar-refractivity contribution in [2.45, 2.75) is 38.6 Å². The zero-order chi connectivity index (χ0) is 15.0. The van der Waals surface area contributed by atoms with Crippen LogP contribution in [0.4, 0.5) is 5.69 Å². The van der Waals surface area contributed by atoms with Gasteiger partial charge in [-0.15, -0.1) is 10.2 Å². The Morgan fingerprint density at radius 3 is 2.71 bits per heavy atom. The van der Waals surface area contributed by atoms with Crippen LogP contribution >= 0.6 is 0 Å². The molecule has 1 aromatic carbocycles. The average Bonchev–Trinajstić information content (AvgIpc) is 2.95. The molecule has 0 N–H and O–H groups in total. The van der Waals surface area contributed by atoms with Gasteiger partial charge in [0.1, 0.15) is 12.7 Å². The molecule has 1 unspecified atom stereocenters. The fourth-order valence-corrected chi connectivity index (χ4v) is 3.06. The SMILES string of the molecule is CC1CC(C)(C)N(C)c2ccc(/C=N/n3cnnc3)cc21. The molecule has 2 heterocycles. The van der Waals surface area contributed by atoms with E-state index in [0.717, 1.165) is 12.0 Å². The summed E-state index contributed by atoms with van der Waals surface area (Å²) in [6.07, 6.45) is 6.15. The van der Waals surface area contributed by atoms with Gasteiger partial charge in [0.25, 0.3) is 0 Å². The van der Waals surface area contributed by atoms with Gasteiger partial charge >= 0.3 is 0 Å². The number of benzene rings is 1. The van der Waals surface area contributed by atoms with Gasteiger partial charge in [-0.2, -0.15) is 5.10 Å². The lowest BCUT2D eigenvalue weighted by molar-refractivity contribution is 0.395. The number of fused-ring (bicyclic) bond motifs is 1. The summed E-state index contributed by atoms with van der Waals surface area (Å²) in [5.74, 6) is 0.550. The third kappa shape index (κ3) is 2.55. The first-order valence-corrected chi connectivity index (χ1v) is 7.24. The van der Waals surface area contributed by atoms with Crippen molar-refractivity contribution < 1.29 is 0 Å². The number of anilines is 1. The molecule has 1 aliphatic heterocycles. The maximum absolute atomic E-state index is 4.31. The van der Waals surface area contributed by atoms with Gasteiger partial charge in [0.15, 0.2) is 0 Å². The van der Waals surface area contributed by atoms with E-state index >= 15 is 0 Å². The van der Waals surface area contributed by atoms with Gasteiger partial charge in [-0.05, 0) is 49.4 Å². The topological polar surface area (TPSA) is 46.3 Å². The Bertz CT molecular complexity index is 657. The van der Waals surface area contributed by atoms with Crippen LogP contribution < -0.4 is 4.90 Å². The Kier molecular flexibility index (Phi) is 3.27. The summed E-state index contributed by atoms with van der Waals surface area (Å²) >= 11 is 0. The van der Waals surface area contributed by atoms with Crippen molar-refractivity contribution in [3.63, 3.8) is 0 Å². The van der Waals surface area contributed by atoms with E-state index in [0.29, 0.717) is 5.92 Å². The molecular weight excluding hydrogens is 262 g/mol. The molecule has 0 amide bonds. The van der Waals surface area contributed by atoms with Crippen LogP contribution in [-0.4, -0.2) is 33.7 Å². The first-order valence-electron chi connectivity index (χ1n) is 7.24. The van der Waals surface area contributed by atoms with E-state index in [1.807, 2.05) is 6.21 Å². The molecule has 1 atom stereocenters. The van der Waals surface area contributed by atoms with Crippen molar-refractivity contribution in [1.82, 2.24) is 14.9 Å². The number of rotatable bonds is 2. The van der Waals surface area contributed by atoms with Gasteiger partial charge in [-0.1, -0.05) is 13.0 Å². The predicted octanol–water partition coefficient (Wildman–Crippen LogP) is 2.88. The molecule has 0 bridgehead atoms. The van der Waals surface area contributed by atoms with Crippen LogP contribution in [0.1, 0.15) is 44.2 Å². The highest BCUT2D eigenvalue weighted by atomic mass is 15.4. The highest BCUT2D eigenvalue weighted by Gasteiger charge is 2.33. The van der Waals surface area contributed by atoms with Crippen molar-refractivity contribution in [2.24, 2.45) is 5.10 Å². The Hall–Kier alpha value is -2.17. The minimum absolute atomic E-state index is 0.199. The molecular formula is C16H21N5. The summed E-state index contributed by atoms with van der Waals surface area (Å²) in [5.41, 5.74) is 4.01. The highest BCUT2D eigenvalue weighted by Crippen LogP contribution is 2.42. The molecule has 0 radical (unpaired) electrons. The van der Waals surface area contributed by atoms with E-state index in [1.165, 1.54) is 11.3 Å². The van der Waals surface area contributed by atoms with E-state index < -0.39 is 0 Å². The van der Waals surface area contributed by atoms with E-state index in [2.05, 4.69) is 66.2 Å². The first kappa shape index (κ1) is 13.8. The largest absolute Gasteiger partial charge is 0.369 e. The second-order valence-electron chi connectivity index (χ2n) is 6.38. The van der Waals surface area contributed by atoms with Gasteiger partial charge < -0.3 is 4.90 Å². The van der Waals surface area contributed by atoms with Gasteiger partial charge in [-0.25, -0.2) is 4.68 Å². The standard InChI is InChI=1S/C16H21N5/c1-12-8-16(2,3)20(4)15-6-5-13(7-14(12)15)9-19-21-10-17-18-11-21/h5-7,9-12H,8H2,1-4H3/b19-9+. The van der Waals surface area contributed by atoms with Crippen LogP contribution in [-0.2, 0) is 0 Å². The quantitative estimate of drug-likeness (QED) is 0.796. The summed E-state index contributed by atoms with van der Waals surface area (Å²) in [6.45, 7) is 6.90. The number of hydrogen-bond acceptors (Lipinski definition) is 4. The van der Waals surface area contributed by atoms with Crippen molar-refractivity contribution in [1.29, 1.82) is 0 Å². The van der Waals surface area contributed by atoms with Crippen molar-refractivity contribution in [3.8, 4) is 0 Å². The second kappa shape index (κ2) is 4.98. The summed E-state index contributed by atoms with van der Waals surface area (Å²) < 4.78 is 1.60. The van der Waals surface area contributed by atoms with Gasteiger partial charge in [-0.3, -0.25) is 0 Å². The summed E-state index contributed by atoms with van der Waals surface area (Å²) in [4.78, 5) is 2.38. The van der Waals surface area contributed by atoms with E-state index in [1.54, 1.807) is 17.3 Å². The molecule has 1 aliphatic rings. The summed E-state index contributed by atoms with van der Waals surface area (Å²) in [7, 11) is 2.18. The molecule has 3 rings (SSSR count). The normalized spacial score (nSPS) is 20.8. The zero-order valence-corrected chi connectivity index (χ0v) is 13.0. The Morgan fingerprint density at radius 1 is 1.29 bits per heavy atom. The minimum Gasteiger partial charge on any atom is -0.369 e. The molecule has 0 saturated heterocycles. The third-order valence-electron chi connectivity index (χ3n) is 4.40. The molecule has 1 aromatic heterocycles. The average molecular weight is 283 g/mol. The molecule has 2 aromatic rings. The first-order chi connectivity index (χ1) is 9.97. The van der Waals surface area contributed by atoms with E-state index in [9.17, 15) is 0 Å². The lowest BCUT2D eigenvalue weighted by Gasteiger charge is -2.45. The molecule has 0 fully saturated rings. The van der Waals surface area contributed by atoms with E-state index in [4.69, 9.17) is 0 Å². The van der Waals surface area contributed by atoms with Crippen molar-refractivity contribution >= 4 is 11.9 Å². The van der Waals surface area contributed by atoms with E-state index in [-0.39, 0.29) is 5.54 Å². The number of hydrogen-bond donors (Lipinski definition) is 0. The van der Waals surface area contributed by atoms with Gasteiger partial charge in [0.05, 0.1) is 6.21 Å². The molecule has 0 saturated carbocycles. The summed E-state index contributed by atoms with van der Waals surface area (Å²) in [5, 5.41) is 11.8. The molecule has 0 aliphatic carbocycles. The third-order valence-corrected chi connectivity index (χ3v) is 4.40. The molecule has 5 heteroatoms. The summed E-state index contributed by atoms with van der Waals surface area (Å²) in [6, 6.07) is 6.54. The van der Waals surface area contributed by atoms with Crippen LogP contribution in [0, 0.1) is 0 Å².